The Bertz CT molecular complexity index is 168. The minimum atomic E-state index is -0.170. The number of halogens is 1. The first kappa shape index (κ1) is 8.18. The number of carbonyl (C=O) groups is 1. The summed E-state index contributed by atoms with van der Waals surface area (Å²) in [5, 5.41) is 0.338. The summed E-state index contributed by atoms with van der Waals surface area (Å²) in [6.07, 6.45) is 3.93. The van der Waals surface area contributed by atoms with Gasteiger partial charge in [0, 0.05) is 5.03 Å². The highest BCUT2D eigenvalue weighted by Gasteiger charge is 1.83. The quantitative estimate of drug-likeness (QED) is 0.436. The summed E-state index contributed by atoms with van der Waals surface area (Å²) in [6.45, 7) is 6.62. The molecule has 0 aromatic heterocycles. The molecule has 0 fully saturated rings. The van der Waals surface area contributed by atoms with Crippen molar-refractivity contribution in [3.05, 3.63) is 36.4 Å². The van der Waals surface area contributed by atoms with Crippen LogP contribution < -0.4 is 0 Å². The molecule has 0 saturated heterocycles. The van der Waals surface area contributed by atoms with Gasteiger partial charge in [0.15, 0.2) is 5.78 Å². The standard InChI is InChI=1S/C7H7ClO/c1-3-7(9)5-4-6(2)8/h3-5H,1-2H2/b5-4+. The number of ketones is 1. The lowest BCUT2D eigenvalue weighted by atomic mass is 10.3. The highest BCUT2D eigenvalue weighted by atomic mass is 35.5. The molecular weight excluding hydrogens is 136 g/mol. The summed E-state index contributed by atoms with van der Waals surface area (Å²) in [4.78, 5) is 10.4. The van der Waals surface area contributed by atoms with Crippen LogP contribution in [0, 0.1) is 0 Å². The van der Waals surface area contributed by atoms with Gasteiger partial charge in [-0.1, -0.05) is 24.8 Å². The maximum Gasteiger partial charge on any atom is 0.178 e. The molecule has 0 aromatic rings. The van der Waals surface area contributed by atoms with Crippen LogP contribution in [0.3, 0.4) is 0 Å². The van der Waals surface area contributed by atoms with Gasteiger partial charge in [-0.05, 0) is 18.2 Å². The Morgan fingerprint density at radius 1 is 1.44 bits per heavy atom. The molecule has 0 aliphatic rings. The average molecular weight is 143 g/mol. The first-order valence-corrected chi connectivity index (χ1v) is 2.73. The summed E-state index contributed by atoms with van der Waals surface area (Å²) in [7, 11) is 0. The Balaban J connectivity index is 3.85. The van der Waals surface area contributed by atoms with Crippen LogP contribution in [0.5, 0.6) is 0 Å². The van der Waals surface area contributed by atoms with E-state index in [1.54, 1.807) is 0 Å². The SMILES string of the molecule is C=CC(=O)/C=C/C(=C)Cl. The van der Waals surface area contributed by atoms with E-state index in [4.69, 9.17) is 11.6 Å². The van der Waals surface area contributed by atoms with Crippen LogP contribution in [0.1, 0.15) is 0 Å². The van der Waals surface area contributed by atoms with Crippen molar-refractivity contribution in [2.45, 2.75) is 0 Å². The minimum absolute atomic E-state index is 0.170. The topological polar surface area (TPSA) is 17.1 Å². The number of hydrogen-bond acceptors (Lipinski definition) is 1. The summed E-state index contributed by atoms with van der Waals surface area (Å²) >= 11 is 5.31. The van der Waals surface area contributed by atoms with E-state index < -0.39 is 0 Å². The lowest BCUT2D eigenvalue weighted by Crippen LogP contribution is -1.81. The molecule has 0 amide bonds. The minimum Gasteiger partial charge on any atom is -0.290 e. The second kappa shape index (κ2) is 4.10. The Morgan fingerprint density at radius 3 is 2.33 bits per heavy atom. The van der Waals surface area contributed by atoms with Gasteiger partial charge in [-0.3, -0.25) is 4.79 Å². The Hall–Kier alpha value is -0.820. The number of carbonyl (C=O) groups excluding carboxylic acids is 1. The van der Waals surface area contributed by atoms with E-state index in [-0.39, 0.29) is 5.78 Å². The highest BCUT2D eigenvalue weighted by molar-refractivity contribution is 6.31. The summed E-state index contributed by atoms with van der Waals surface area (Å²) < 4.78 is 0. The van der Waals surface area contributed by atoms with E-state index in [1.165, 1.54) is 18.2 Å². The molecule has 0 aliphatic heterocycles. The largest absolute Gasteiger partial charge is 0.290 e. The molecule has 1 nitrogen and oxygen atoms in total. The molecule has 0 aromatic carbocycles. The molecule has 0 atom stereocenters. The molecule has 0 saturated carbocycles. The Morgan fingerprint density at radius 2 is 2.00 bits per heavy atom. The molecule has 0 N–H and O–H groups in total. The predicted molar refractivity (Wildman–Crippen MR) is 39.3 cm³/mol. The van der Waals surface area contributed by atoms with E-state index in [0.29, 0.717) is 5.03 Å². The van der Waals surface area contributed by atoms with Gasteiger partial charge in [-0.25, -0.2) is 0 Å². The molecule has 0 unspecified atom stereocenters. The van der Waals surface area contributed by atoms with Crippen molar-refractivity contribution >= 4 is 17.4 Å². The van der Waals surface area contributed by atoms with Gasteiger partial charge in [0.1, 0.15) is 0 Å². The van der Waals surface area contributed by atoms with Crippen molar-refractivity contribution in [3.63, 3.8) is 0 Å². The number of rotatable bonds is 3. The van der Waals surface area contributed by atoms with Crippen LogP contribution in [0.15, 0.2) is 36.4 Å². The van der Waals surface area contributed by atoms with Crippen LogP contribution in [-0.2, 0) is 4.79 Å². The van der Waals surface area contributed by atoms with Crippen LogP contribution >= 0.6 is 11.6 Å². The third-order valence-electron chi connectivity index (χ3n) is 0.630. The lowest BCUT2D eigenvalue weighted by molar-refractivity contribution is -0.110. The van der Waals surface area contributed by atoms with Crippen molar-refractivity contribution in [1.82, 2.24) is 0 Å². The maximum absolute atomic E-state index is 10.4. The molecular formula is C7H7ClO. The second-order valence-corrected chi connectivity index (χ2v) is 1.87. The Kier molecular flexibility index (Phi) is 3.72. The molecule has 0 rings (SSSR count). The monoisotopic (exact) mass is 142 g/mol. The van der Waals surface area contributed by atoms with Gasteiger partial charge in [0.2, 0.25) is 0 Å². The zero-order valence-corrected chi connectivity index (χ0v) is 5.69. The van der Waals surface area contributed by atoms with E-state index in [9.17, 15) is 4.79 Å². The van der Waals surface area contributed by atoms with E-state index >= 15 is 0 Å². The molecule has 48 valence electrons. The zero-order valence-electron chi connectivity index (χ0n) is 4.93. The third kappa shape index (κ3) is 5.04. The number of hydrogen-bond donors (Lipinski definition) is 0. The molecule has 2 heteroatoms. The van der Waals surface area contributed by atoms with Crippen LogP contribution in [-0.4, -0.2) is 5.78 Å². The highest BCUT2D eigenvalue weighted by Crippen LogP contribution is 1.97. The first-order valence-electron chi connectivity index (χ1n) is 2.35. The summed E-state index contributed by atoms with van der Waals surface area (Å²) in [5.41, 5.74) is 0. The molecule has 9 heavy (non-hydrogen) atoms. The third-order valence-corrected chi connectivity index (χ3v) is 0.756. The van der Waals surface area contributed by atoms with Gasteiger partial charge in [-0.2, -0.15) is 0 Å². The average Bonchev–Trinajstić information content (AvgIpc) is 1.83. The van der Waals surface area contributed by atoms with Gasteiger partial charge in [0.05, 0.1) is 0 Å². The van der Waals surface area contributed by atoms with Crippen molar-refractivity contribution in [1.29, 1.82) is 0 Å². The Labute approximate surface area is 59.3 Å². The van der Waals surface area contributed by atoms with Crippen LogP contribution in [0.4, 0.5) is 0 Å². The molecule has 0 spiro atoms. The van der Waals surface area contributed by atoms with E-state index in [0.717, 1.165) is 0 Å². The molecule has 0 bridgehead atoms. The van der Waals surface area contributed by atoms with Crippen molar-refractivity contribution < 1.29 is 4.79 Å². The van der Waals surface area contributed by atoms with Crippen LogP contribution in [0.25, 0.3) is 0 Å². The number of allylic oxidation sites excluding steroid dienone is 4. The summed E-state index contributed by atoms with van der Waals surface area (Å²) in [6, 6.07) is 0. The van der Waals surface area contributed by atoms with Crippen molar-refractivity contribution in [3.8, 4) is 0 Å². The van der Waals surface area contributed by atoms with Crippen molar-refractivity contribution in [2.24, 2.45) is 0 Å². The molecule has 0 heterocycles. The fourth-order valence-corrected chi connectivity index (χ4v) is 0.304. The fraction of sp³-hybridized carbons (Fsp3) is 0. The maximum atomic E-state index is 10.4. The smallest absolute Gasteiger partial charge is 0.178 e. The first-order chi connectivity index (χ1) is 4.16. The lowest BCUT2D eigenvalue weighted by Gasteiger charge is -1.79. The summed E-state index contributed by atoms with van der Waals surface area (Å²) in [5.74, 6) is -0.170. The van der Waals surface area contributed by atoms with Gasteiger partial charge < -0.3 is 0 Å². The van der Waals surface area contributed by atoms with Gasteiger partial charge in [0.25, 0.3) is 0 Å². The van der Waals surface area contributed by atoms with Gasteiger partial charge in [-0.15, -0.1) is 0 Å². The predicted octanol–water partition coefficient (Wildman–Crippen LogP) is 2.05. The van der Waals surface area contributed by atoms with Gasteiger partial charge >= 0.3 is 0 Å². The van der Waals surface area contributed by atoms with Crippen LogP contribution in [0.2, 0.25) is 0 Å². The molecule has 0 aliphatic carbocycles. The zero-order chi connectivity index (χ0) is 7.28. The van der Waals surface area contributed by atoms with E-state index in [1.807, 2.05) is 0 Å². The van der Waals surface area contributed by atoms with E-state index in [2.05, 4.69) is 13.2 Å². The second-order valence-electron chi connectivity index (χ2n) is 1.39. The van der Waals surface area contributed by atoms with Crippen molar-refractivity contribution in [2.75, 3.05) is 0 Å². The fourth-order valence-electron chi connectivity index (χ4n) is 0.241. The molecule has 0 radical (unpaired) electrons. The normalized spacial score (nSPS) is 9.44.